The summed E-state index contributed by atoms with van der Waals surface area (Å²) in [6.07, 6.45) is -0.291. The van der Waals surface area contributed by atoms with Crippen molar-refractivity contribution in [2.45, 2.75) is 44.1 Å². The molecule has 3 aromatic rings. The Bertz CT molecular complexity index is 1330. The standard InChI is InChI=1S/C31H34N2O4S/c1-20-26(29(34)37-31(2,3)4)17-21(38)18-28(20)32-13-15-33(16-14-32)30(35)36-19-27-24-11-7-5-9-22(24)23-10-6-8-12-25(23)27/h5-12,17-18,27,38H,13-16,19H2,1-4H3. The lowest BCUT2D eigenvalue weighted by Gasteiger charge is -2.36. The Morgan fingerprint density at radius 1 is 0.921 bits per heavy atom. The highest BCUT2D eigenvalue weighted by atomic mass is 32.1. The normalized spacial score (nSPS) is 15.2. The summed E-state index contributed by atoms with van der Waals surface area (Å²) < 4.78 is 11.5. The molecule has 1 aliphatic heterocycles. The van der Waals surface area contributed by atoms with Crippen LogP contribution in [0.3, 0.4) is 0 Å². The molecule has 198 valence electrons. The minimum Gasteiger partial charge on any atom is -0.456 e. The number of amides is 1. The Balaban J connectivity index is 1.23. The van der Waals surface area contributed by atoms with E-state index in [0.717, 1.165) is 11.3 Å². The maximum absolute atomic E-state index is 13.0. The van der Waals surface area contributed by atoms with Crippen LogP contribution in [0, 0.1) is 6.92 Å². The first-order valence-electron chi connectivity index (χ1n) is 13.0. The van der Waals surface area contributed by atoms with Gasteiger partial charge < -0.3 is 19.3 Å². The van der Waals surface area contributed by atoms with Gasteiger partial charge in [-0.15, -0.1) is 12.6 Å². The van der Waals surface area contributed by atoms with Crippen LogP contribution in [-0.4, -0.2) is 55.3 Å². The van der Waals surface area contributed by atoms with E-state index in [1.54, 1.807) is 11.0 Å². The fraction of sp³-hybridized carbons (Fsp3) is 0.355. The summed E-state index contributed by atoms with van der Waals surface area (Å²) >= 11 is 4.54. The second-order valence-electron chi connectivity index (χ2n) is 10.9. The second-order valence-corrected chi connectivity index (χ2v) is 11.4. The number of hydrogen-bond donors (Lipinski definition) is 1. The van der Waals surface area contributed by atoms with Crippen molar-refractivity contribution in [2.75, 3.05) is 37.7 Å². The van der Waals surface area contributed by atoms with E-state index >= 15 is 0 Å². The molecule has 1 heterocycles. The zero-order valence-corrected chi connectivity index (χ0v) is 23.3. The molecule has 0 unspecified atom stereocenters. The molecule has 7 heteroatoms. The van der Waals surface area contributed by atoms with E-state index in [1.807, 2.05) is 58.0 Å². The molecule has 0 radical (unpaired) electrons. The SMILES string of the molecule is Cc1c(C(=O)OC(C)(C)C)cc(S)cc1N1CCN(C(=O)OCC2c3ccccc3-c3ccccc32)CC1. The minimum absolute atomic E-state index is 0.0414. The fourth-order valence-corrected chi connectivity index (χ4v) is 5.62. The molecule has 1 amide bonds. The van der Waals surface area contributed by atoms with Gasteiger partial charge in [0.05, 0.1) is 5.56 Å². The van der Waals surface area contributed by atoms with Crippen LogP contribution < -0.4 is 4.90 Å². The molecule has 6 nitrogen and oxygen atoms in total. The van der Waals surface area contributed by atoms with Gasteiger partial charge in [0, 0.05) is 42.7 Å². The lowest BCUT2D eigenvalue weighted by molar-refractivity contribution is 0.00684. The number of piperazine rings is 1. The monoisotopic (exact) mass is 530 g/mol. The molecule has 0 saturated carbocycles. The molecular weight excluding hydrogens is 496 g/mol. The van der Waals surface area contributed by atoms with Gasteiger partial charge in [-0.25, -0.2) is 9.59 Å². The quantitative estimate of drug-likeness (QED) is 0.316. The van der Waals surface area contributed by atoms with Crippen molar-refractivity contribution in [3.63, 3.8) is 0 Å². The number of fused-ring (bicyclic) bond motifs is 3. The summed E-state index contributed by atoms with van der Waals surface area (Å²) in [6, 6.07) is 20.4. The summed E-state index contributed by atoms with van der Waals surface area (Å²) in [5.41, 5.74) is 6.56. The minimum atomic E-state index is -0.578. The maximum Gasteiger partial charge on any atom is 0.409 e. The van der Waals surface area contributed by atoms with Crippen LogP contribution in [-0.2, 0) is 9.47 Å². The Hall–Kier alpha value is -3.45. The predicted molar refractivity (Wildman–Crippen MR) is 152 cm³/mol. The number of esters is 1. The van der Waals surface area contributed by atoms with Crippen molar-refractivity contribution in [1.29, 1.82) is 0 Å². The van der Waals surface area contributed by atoms with E-state index < -0.39 is 5.60 Å². The number of hydrogen-bond acceptors (Lipinski definition) is 6. The van der Waals surface area contributed by atoms with Crippen molar-refractivity contribution in [2.24, 2.45) is 0 Å². The number of anilines is 1. The molecule has 1 fully saturated rings. The Morgan fingerprint density at radius 3 is 2.08 bits per heavy atom. The number of benzene rings is 3. The number of rotatable bonds is 4. The Labute approximate surface area is 230 Å². The Kier molecular flexibility index (Phi) is 7.14. The molecule has 0 atom stereocenters. The molecule has 0 N–H and O–H groups in total. The molecular formula is C31H34N2O4S. The van der Waals surface area contributed by atoms with Crippen molar-refractivity contribution < 1.29 is 19.1 Å². The van der Waals surface area contributed by atoms with Crippen LogP contribution in [0.5, 0.6) is 0 Å². The highest BCUT2D eigenvalue weighted by Crippen LogP contribution is 2.44. The molecule has 0 spiro atoms. The van der Waals surface area contributed by atoms with Crippen molar-refractivity contribution in [1.82, 2.24) is 4.90 Å². The van der Waals surface area contributed by atoms with E-state index in [1.165, 1.54) is 22.3 Å². The van der Waals surface area contributed by atoms with Gasteiger partial charge in [-0.05, 0) is 67.6 Å². The first-order valence-corrected chi connectivity index (χ1v) is 13.5. The number of carbonyl (C=O) groups excluding carboxylic acids is 2. The number of ether oxygens (including phenoxy) is 2. The van der Waals surface area contributed by atoms with Gasteiger partial charge in [-0.2, -0.15) is 0 Å². The van der Waals surface area contributed by atoms with Crippen molar-refractivity contribution >= 4 is 30.4 Å². The summed E-state index contributed by atoms with van der Waals surface area (Å²) in [5.74, 6) is -0.316. The maximum atomic E-state index is 13.0. The summed E-state index contributed by atoms with van der Waals surface area (Å²) in [6.45, 7) is 10.2. The van der Waals surface area contributed by atoms with Gasteiger partial charge in [0.25, 0.3) is 0 Å². The average molecular weight is 531 g/mol. The van der Waals surface area contributed by atoms with Crippen LogP contribution >= 0.6 is 12.6 Å². The molecule has 3 aromatic carbocycles. The van der Waals surface area contributed by atoms with Gasteiger partial charge >= 0.3 is 12.1 Å². The molecule has 1 saturated heterocycles. The van der Waals surface area contributed by atoms with Crippen LogP contribution in [0.25, 0.3) is 11.1 Å². The van der Waals surface area contributed by atoms with Gasteiger partial charge in [0.2, 0.25) is 0 Å². The van der Waals surface area contributed by atoms with E-state index in [4.69, 9.17) is 9.47 Å². The van der Waals surface area contributed by atoms with E-state index in [0.29, 0.717) is 43.2 Å². The largest absolute Gasteiger partial charge is 0.456 e. The van der Waals surface area contributed by atoms with Gasteiger partial charge in [0.15, 0.2) is 0 Å². The number of thiol groups is 1. The molecule has 5 rings (SSSR count). The zero-order chi connectivity index (χ0) is 27.0. The lowest BCUT2D eigenvalue weighted by Crippen LogP contribution is -2.49. The van der Waals surface area contributed by atoms with Crippen LogP contribution in [0.4, 0.5) is 10.5 Å². The van der Waals surface area contributed by atoms with Crippen molar-refractivity contribution in [3.8, 4) is 11.1 Å². The molecule has 1 aliphatic carbocycles. The average Bonchev–Trinajstić information content (AvgIpc) is 3.21. The molecule has 0 aromatic heterocycles. The highest BCUT2D eigenvalue weighted by Gasteiger charge is 2.31. The first-order chi connectivity index (χ1) is 18.1. The van der Waals surface area contributed by atoms with Crippen LogP contribution in [0.1, 0.15) is 53.7 Å². The third-order valence-corrected chi connectivity index (χ3v) is 7.46. The number of carbonyl (C=O) groups is 2. The number of nitrogens with zero attached hydrogens (tertiary/aromatic N) is 2. The summed E-state index contributed by atoms with van der Waals surface area (Å²) in [4.78, 5) is 30.5. The third kappa shape index (κ3) is 5.25. The topological polar surface area (TPSA) is 59.1 Å². The van der Waals surface area contributed by atoms with Crippen molar-refractivity contribution in [3.05, 3.63) is 82.9 Å². The molecule has 2 aliphatic rings. The predicted octanol–water partition coefficient (Wildman–Crippen LogP) is 6.31. The Morgan fingerprint density at radius 2 is 1.50 bits per heavy atom. The second kappa shape index (κ2) is 10.4. The highest BCUT2D eigenvalue weighted by molar-refractivity contribution is 7.80. The van der Waals surface area contributed by atoms with Gasteiger partial charge in [-0.3, -0.25) is 0 Å². The lowest BCUT2D eigenvalue weighted by atomic mass is 9.98. The summed E-state index contributed by atoms with van der Waals surface area (Å²) in [7, 11) is 0. The van der Waals surface area contributed by atoms with Crippen LogP contribution in [0.15, 0.2) is 65.6 Å². The third-order valence-electron chi connectivity index (χ3n) is 7.20. The van der Waals surface area contributed by atoms with Crippen LogP contribution in [0.2, 0.25) is 0 Å². The van der Waals surface area contributed by atoms with E-state index in [-0.39, 0.29) is 18.0 Å². The van der Waals surface area contributed by atoms with Gasteiger partial charge in [0.1, 0.15) is 12.2 Å². The fourth-order valence-electron chi connectivity index (χ4n) is 5.37. The zero-order valence-electron chi connectivity index (χ0n) is 22.4. The summed E-state index contributed by atoms with van der Waals surface area (Å²) in [5, 5.41) is 0. The van der Waals surface area contributed by atoms with E-state index in [9.17, 15) is 9.59 Å². The molecule has 0 bridgehead atoms. The molecule has 38 heavy (non-hydrogen) atoms. The van der Waals surface area contributed by atoms with Gasteiger partial charge in [-0.1, -0.05) is 48.5 Å². The smallest absolute Gasteiger partial charge is 0.409 e. The first kappa shape index (κ1) is 26.2. The van der Waals surface area contributed by atoms with E-state index in [2.05, 4.69) is 41.8 Å².